The average Bonchev–Trinajstić information content (AvgIpc) is 3.51. The molecule has 0 saturated heterocycles. The highest BCUT2D eigenvalue weighted by Gasteiger charge is 2.35. The fraction of sp³-hybridized carbons (Fsp3) is 0.300. The van der Waals surface area contributed by atoms with Crippen molar-refractivity contribution in [1.29, 1.82) is 0 Å². The van der Waals surface area contributed by atoms with Gasteiger partial charge in [-0.2, -0.15) is 0 Å². The normalized spacial score (nSPS) is 14.3. The van der Waals surface area contributed by atoms with Crippen LogP contribution in [0.1, 0.15) is 40.5 Å². The van der Waals surface area contributed by atoms with Crippen LogP contribution in [0.3, 0.4) is 0 Å². The predicted molar refractivity (Wildman–Crippen MR) is 99.5 cm³/mol. The first-order valence-corrected chi connectivity index (χ1v) is 8.81. The van der Waals surface area contributed by atoms with Crippen molar-refractivity contribution in [2.24, 2.45) is 5.92 Å². The average molecular weight is 367 g/mol. The fourth-order valence-corrected chi connectivity index (χ4v) is 2.75. The number of aromatic nitrogens is 1. The summed E-state index contributed by atoms with van der Waals surface area (Å²) >= 11 is 0. The molecule has 0 bridgehead atoms. The molecule has 2 aromatic rings. The van der Waals surface area contributed by atoms with E-state index in [-0.39, 0.29) is 24.4 Å². The number of nitrogens with zero attached hydrogens (tertiary/aromatic N) is 2. The molecule has 0 aliphatic heterocycles. The van der Waals surface area contributed by atoms with Crippen LogP contribution in [0.25, 0.3) is 0 Å². The van der Waals surface area contributed by atoms with E-state index in [4.69, 9.17) is 5.11 Å². The molecule has 1 atom stereocenters. The van der Waals surface area contributed by atoms with E-state index >= 15 is 0 Å². The Bertz CT molecular complexity index is 849. The van der Waals surface area contributed by atoms with Crippen LogP contribution in [0, 0.1) is 5.92 Å². The summed E-state index contributed by atoms with van der Waals surface area (Å²) in [6, 6.07) is 10.1. The summed E-state index contributed by atoms with van der Waals surface area (Å²) in [6.45, 7) is 1.76. The number of aliphatic carboxylic acids is 1. The standard InChI is InChI=1S/C20H21N3O4/c1-13(20(26)27)12-23(17-7-8-17)19(25)14-4-2-6-16(10-14)22-18(24)15-5-3-9-21-11-15/h2-6,9-11,13,17H,7-8,12H2,1H3,(H,22,24)(H,26,27). The van der Waals surface area contributed by atoms with Gasteiger partial charge < -0.3 is 15.3 Å². The van der Waals surface area contributed by atoms with Gasteiger partial charge in [-0.15, -0.1) is 0 Å². The molecule has 1 aliphatic carbocycles. The van der Waals surface area contributed by atoms with Gasteiger partial charge >= 0.3 is 5.97 Å². The minimum Gasteiger partial charge on any atom is -0.481 e. The van der Waals surface area contributed by atoms with Crippen molar-refractivity contribution in [1.82, 2.24) is 9.88 Å². The Balaban J connectivity index is 1.74. The molecule has 1 heterocycles. The van der Waals surface area contributed by atoms with Gasteiger partial charge in [-0.25, -0.2) is 0 Å². The number of carbonyl (C=O) groups excluding carboxylic acids is 2. The number of benzene rings is 1. The smallest absolute Gasteiger partial charge is 0.308 e. The molecule has 140 valence electrons. The molecule has 2 amide bonds. The molecule has 0 radical (unpaired) electrons. The minimum atomic E-state index is -0.925. The van der Waals surface area contributed by atoms with Crippen LogP contribution in [0.5, 0.6) is 0 Å². The van der Waals surface area contributed by atoms with Crippen molar-refractivity contribution in [3.63, 3.8) is 0 Å². The molecule has 2 N–H and O–H groups in total. The van der Waals surface area contributed by atoms with Crippen molar-refractivity contribution in [3.8, 4) is 0 Å². The SMILES string of the molecule is CC(CN(C(=O)c1cccc(NC(=O)c2cccnc2)c1)C1CC1)C(=O)O. The molecule has 1 fully saturated rings. The minimum absolute atomic E-state index is 0.0907. The molecule has 0 spiro atoms. The third-order valence-electron chi connectivity index (χ3n) is 4.43. The molecule has 3 rings (SSSR count). The first-order chi connectivity index (χ1) is 13.0. The molecule has 1 unspecified atom stereocenters. The maximum atomic E-state index is 12.9. The van der Waals surface area contributed by atoms with Gasteiger partial charge in [0.05, 0.1) is 11.5 Å². The van der Waals surface area contributed by atoms with Crippen molar-refractivity contribution >= 4 is 23.5 Å². The van der Waals surface area contributed by atoms with E-state index in [1.165, 1.54) is 6.20 Å². The summed E-state index contributed by atoms with van der Waals surface area (Å²) in [7, 11) is 0. The van der Waals surface area contributed by atoms with Gasteiger partial charge in [0, 0.05) is 36.2 Å². The number of amides is 2. The molecule has 1 saturated carbocycles. The lowest BCUT2D eigenvalue weighted by Gasteiger charge is -2.24. The lowest BCUT2D eigenvalue weighted by molar-refractivity contribution is -0.141. The summed E-state index contributed by atoms with van der Waals surface area (Å²) in [5.74, 6) is -2.09. The van der Waals surface area contributed by atoms with E-state index in [0.717, 1.165) is 12.8 Å². The van der Waals surface area contributed by atoms with Gasteiger partial charge in [0.15, 0.2) is 0 Å². The Kier molecular flexibility index (Phi) is 5.49. The summed E-state index contributed by atoms with van der Waals surface area (Å²) in [6.07, 6.45) is 4.82. The van der Waals surface area contributed by atoms with Crippen LogP contribution in [-0.2, 0) is 4.79 Å². The van der Waals surface area contributed by atoms with E-state index < -0.39 is 11.9 Å². The Morgan fingerprint density at radius 1 is 1.22 bits per heavy atom. The van der Waals surface area contributed by atoms with E-state index in [0.29, 0.717) is 16.8 Å². The first-order valence-electron chi connectivity index (χ1n) is 8.81. The van der Waals surface area contributed by atoms with Crippen LogP contribution < -0.4 is 5.32 Å². The summed E-state index contributed by atoms with van der Waals surface area (Å²) in [4.78, 5) is 41.9. The highest BCUT2D eigenvalue weighted by Crippen LogP contribution is 2.29. The van der Waals surface area contributed by atoms with Crippen molar-refractivity contribution in [3.05, 3.63) is 59.9 Å². The largest absolute Gasteiger partial charge is 0.481 e. The molecule has 27 heavy (non-hydrogen) atoms. The molecule has 1 aliphatic rings. The van der Waals surface area contributed by atoms with Gasteiger partial charge in [0.25, 0.3) is 11.8 Å². The van der Waals surface area contributed by atoms with Crippen molar-refractivity contribution in [2.45, 2.75) is 25.8 Å². The number of carboxylic acid groups (broad SMARTS) is 1. The number of nitrogens with one attached hydrogen (secondary N) is 1. The Morgan fingerprint density at radius 3 is 2.59 bits per heavy atom. The zero-order valence-electron chi connectivity index (χ0n) is 15.0. The second-order valence-corrected chi connectivity index (χ2v) is 6.70. The zero-order valence-corrected chi connectivity index (χ0v) is 15.0. The summed E-state index contributed by atoms with van der Waals surface area (Å²) < 4.78 is 0. The highest BCUT2D eigenvalue weighted by molar-refractivity contribution is 6.05. The Morgan fingerprint density at radius 2 is 1.96 bits per heavy atom. The van der Waals surface area contributed by atoms with Crippen LogP contribution in [0.15, 0.2) is 48.8 Å². The van der Waals surface area contributed by atoms with E-state index in [2.05, 4.69) is 10.3 Å². The molecular formula is C20H21N3O4. The maximum Gasteiger partial charge on any atom is 0.308 e. The van der Waals surface area contributed by atoms with Gasteiger partial charge in [0.1, 0.15) is 0 Å². The Hall–Kier alpha value is -3.22. The van der Waals surface area contributed by atoms with Crippen molar-refractivity contribution < 1.29 is 19.5 Å². The first kappa shape index (κ1) is 18.6. The van der Waals surface area contributed by atoms with Gasteiger partial charge in [-0.1, -0.05) is 13.0 Å². The lowest BCUT2D eigenvalue weighted by atomic mass is 10.1. The number of carbonyl (C=O) groups is 3. The second kappa shape index (κ2) is 7.99. The van der Waals surface area contributed by atoms with Crippen LogP contribution >= 0.6 is 0 Å². The summed E-state index contributed by atoms with van der Waals surface area (Å²) in [5, 5.41) is 11.9. The fourth-order valence-electron chi connectivity index (χ4n) is 2.75. The predicted octanol–water partition coefficient (Wildman–Crippen LogP) is 2.66. The zero-order chi connectivity index (χ0) is 19.4. The van der Waals surface area contributed by atoms with Gasteiger partial charge in [0.2, 0.25) is 0 Å². The Labute approximate surface area is 157 Å². The number of rotatable bonds is 7. The van der Waals surface area contributed by atoms with Crippen molar-refractivity contribution in [2.75, 3.05) is 11.9 Å². The lowest BCUT2D eigenvalue weighted by Crippen LogP contribution is -2.38. The molecule has 7 nitrogen and oxygen atoms in total. The van der Waals surface area contributed by atoms with Crippen LogP contribution in [-0.4, -0.2) is 45.4 Å². The van der Waals surface area contributed by atoms with E-state index in [1.54, 1.807) is 54.4 Å². The molecular weight excluding hydrogens is 346 g/mol. The number of hydrogen-bond donors (Lipinski definition) is 2. The number of anilines is 1. The number of pyridine rings is 1. The van der Waals surface area contributed by atoms with E-state index in [1.807, 2.05) is 0 Å². The quantitative estimate of drug-likeness (QED) is 0.784. The molecule has 1 aromatic heterocycles. The van der Waals surface area contributed by atoms with E-state index in [9.17, 15) is 14.4 Å². The third kappa shape index (κ3) is 4.69. The third-order valence-corrected chi connectivity index (χ3v) is 4.43. The topological polar surface area (TPSA) is 99.6 Å². The molecule has 7 heteroatoms. The number of carboxylic acids is 1. The second-order valence-electron chi connectivity index (χ2n) is 6.70. The molecule has 1 aromatic carbocycles. The van der Waals surface area contributed by atoms with Gasteiger partial charge in [-0.05, 0) is 43.2 Å². The van der Waals surface area contributed by atoms with Crippen LogP contribution in [0.2, 0.25) is 0 Å². The monoisotopic (exact) mass is 367 g/mol. The van der Waals surface area contributed by atoms with Gasteiger partial charge in [-0.3, -0.25) is 19.4 Å². The van der Waals surface area contributed by atoms with Crippen LogP contribution in [0.4, 0.5) is 5.69 Å². The summed E-state index contributed by atoms with van der Waals surface area (Å²) in [5.41, 5.74) is 1.34. The highest BCUT2D eigenvalue weighted by atomic mass is 16.4. The maximum absolute atomic E-state index is 12.9. The number of hydrogen-bond acceptors (Lipinski definition) is 4.